The van der Waals surface area contributed by atoms with Crippen LogP contribution in [0.15, 0.2) is 23.6 Å². The van der Waals surface area contributed by atoms with E-state index in [0.29, 0.717) is 12.1 Å². The Bertz CT molecular complexity index is 594. The predicted molar refractivity (Wildman–Crippen MR) is 66.8 cm³/mol. The highest BCUT2D eigenvalue weighted by Gasteiger charge is 2.18. The Balaban J connectivity index is 2.47. The summed E-state index contributed by atoms with van der Waals surface area (Å²) in [5.74, 6) is -4.26. The monoisotopic (exact) mass is 368 g/mol. The maximum atomic E-state index is 13.3. The van der Waals surface area contributed by atoms with Crippen molar-refractivity contribution in [1.82, 2.24) is 0 Å². The van der Waals surface area contributed by atoms with Crippen LogP contribution in [0.25, 0.3) is 0 Å². The van der Waals surface area contributed by atoms with Crippen LogP contribution in [0, 0.1) is 20.3 Å². The average molecular weight is 368 g/mol. The maximum absolute atomic E-state index is 13.3. The molecule has 0 spiro atoms. The summed E-state index contributed by atoms with van der Waals surface area (Å²) in [7, 11) is 0. The summed E-state index contributed by atoms with van der Waals surface area (Å²) < 4.78 is 39.9. The van der Waals surface area contributed by atoms with Crippen LogP contribution in [0.1, 0.15) is 15.9 Å². The van der Waals surface area contributed by atoms with E-state index >= 15 is 0 Å². The van der Waals surface area contributed by atoms with Crippen molar-refractivity contribution in [2.45, 2.75) is 0 Å². The zero-order chi connectivity index (χ0) is 12.6. The molecule has 0 amide bonds. The second kappa shape index (κ2) is 4.77. The van der Waals surface area contributed by atoms with E-state index in [1.54, 1.807) is 11.4 Å². The first-order valence-electron chi connectivity index (χ1n) is 4.42. The van der Waals surface area contributed by atoms with Gasteiger partial charge in [-0.2, -0.15) is 0 Å². The standard InChI is InChI=1S/C11H4F3IOS/c12-7-3-9(14)8(13)2-6(7)11(16)5-1-10(15)17-4-5/h1-4H. The highest BCUT2D eigenvalue weighted by Crippen LogP contribution is 2.22. The molecule has 2 rings (SSSR count). The van der Waals surface area contributed by atoms with Gasteiger partial charge in [0, 0.05) is 17.0 Å². The molecule has 1 heterocycles. The summed E-state index contributed by atoms with van der Waals surface area (Å²) in [6.45, 7) is 0. The second-order valence-corrected chi connectivity index (χ2v) is 6.02. The molecule has 1 aromatic carbocycles. The molecule has 0 saturated carbocycles. The van der Waals surface area contributed by atoms with Gasteiger partial charge in [-0.05, 0) is 34.7 Å². The molecule has 1 aromatic heterocycles. The molecule has 0 fully saturated rings. The first-order chi connectivity index (χ1) is 7.99. The van der Waals surface area contributed by atoms with Gasteiger partial charge in [-0.25, -0.2) is 13.2 Å². The van der Waals surface area contributed by atoms with Crippen molar-refractivity contribution in [2.75, 3.05) is 0 Å². The number of carbonyl (C=O) groups is 1. The van der Waals surface area contributed by atoms with E-state index in [9.17, 15) is 18.0 Å². The molecule has 0 radical (unpaired) electrons. The van der Waals surface area contributed by atoms with Crippen LogP contribution in [0.4, 0.5) is 13.2 Å². The van der Waals surface area contributed by atoms with Crippen molar-refractivity contribution >= 4 is 39.7 Å². The molecule has 0 aliphatic carbocycles. The van der Waals surface area contributed by atoms with Gasteiger partial charge >= 0.3 is 0 Å². The Morgan fingerprint density at radius 1 is 1.06 bits per heavy atom. The largest absolute Gasteiger partial charge is 0.288 e. The van der Waals surface area contributed by atoms with Crippen LogP contribution < -0.4 is 0 Å². The first kappa shape index (κ1) is 12.6. The number of halogens is 4. The van der Waals surface area contributed by atoms with Crippen LogP contribution >= 0.6 is 33.9 Å². The van der Waals surface area contributed by atoms with Crippen LogP contribution in [-0.4, -0.2) is 5.78 Å². The lowest BCUT2D eigenvalue weighted by Crippen LogP contribution is -2.05. The predicted octanol–water partition coefficient (Wildman–Crippen LogP) is 4.00. The lowest BCUT2D eigenvalue weighted by molar-refractivity contribution is 0.103. The Labute approximate surface area is 112 Å². The van der Waals surface area contributed by atoms with Gasteiger partial charge in [0.2, 0.25) is 0 Å². The van der Waals surface area contributed by atoms with Crippen molar-refractivity contribution in [2.24, 2.45) is 0 Å². The number of hydrogen-bond donors (Lipinski definition) is 0. The minimum Gasteiger partial charge on any atom is -0.288 e. The van der Waals surface area contributed by atoms with E-state index in [0.717, 1.165) is 2.88 Å². The summed E-state index contributed by atoms with van der Waals surface area (Å²) in [5, 5.41) is 1.55. The van der Waals surface area contributed by atoms with Gasteiger partial charge in [0.05, 0.1) is 8.45 Å². The summed E-state index contributed by atoms with van der Waals surface area (Å²) in [6.07, 6.45) is 0. The second-order valence-electron chi connectivity index (χ2n) is 3.21. The van der Waals surface area contributed by atoms with Gasteiger partial charge in [0.1, 0.15) is 5.82 Å². The fourth-order valence-electron chi connectivity index (χ4n) is 1.28. The molecule has 0 saturated heterocycles. The third kappa shape index (κ3) is 2.52. The van der Waals surface area contributed by atoms with Gasteiger partial charge < -0.3 is 0 Å². The van der Waals surface area contributed by atoms with E-state index in [1.807, 2.05) is 22.6 Å². The van der Waals surface area contributed by atoms with E-state index in [2.05, 4.69) is 0 Å². The Morgan fingerprint density at radius 3 is 2.29 bits per heavy atom. The summed E-state index contributed by atoms with van der Waals surface area (Å²) in [6, 6.07) is 2.52. The molecular formula is C11H4F3IOS. The van der Waals surface area contributed by atoms with Gasteiger partial charge in [0.25, 0.3) is 0 Å². The fraction of sp³-hybridized carbons (Fsp3) is 0. The Hall–Kier alpha value is -0.890. The summed E-state index contributed by atoms with van der Waals surface area (Å²) in [4.78, 5) is 11.8. The quantitative estimate of drug-likeness (QED) is 0.445. The minimum absolute atomic E-state index is 0.268. The van der Waals surface area contributed by atoms with Gasteiger partial charge in [-0.1, -0.05) is 0 Å². The number of thiophene rings is 1. The molecule has 17 heavy (non-hydrogen) atoms. The van der Waals surface area contributed by atoms with E-state index in [-0.39, 0.29) is 5.56 Å². The lowest BCUT2D eigenvalue weighted by Gasteiger charge is -2.01. The number of hydrogen-bond acceptors (Lipinski definition) is 2. The SMILES string of the molecule is O=C(c1csc(I)c1)c1cc(F)c(F)cc1F. The first-order valence-corrected chi connectivity index (χ1v) is 6.38. The summed E-state index contributed by atoms with van der Waals surface area (Å²) in [5.41, 5.74) is -0.192. The van der Waals surface area contributed by atoms with Crippen LogP contribution in [0.2, 0.25) is 0 Å². The van der Waals surface area contributed by atoms with Crippen molar-refractivity contribution in [3.63, 3.8) is 0 Å². The number of rotatable bonds is 2. The highest BCUT2D eigenvalue weighted by molar-refractivity contribution is 14.1. The average Bonchev–Trinajstić information content (AvgIpc) is 2.69. The molecule has 0 N–H and O–H groups in total. The molecule has 0 aliphatic rings. The molecule has 2 aromatic rings. The fourth-order valence-corrected chi connectivity index (χ4v) is 2.61. The topological polar surface area (TPSA) is 17.1 Å². The van der Waals surface area contributed by atoms with Gasteiger partial charge in [-0.15, -0.1) is 11.3 Å². The molecular weight excluding hydrogens is 364 g/mol. The number of benzene rings is 1. The summed E-state index contributed by atoms with van der Waals surface area (Å²) >= 11 is 3.33. The van der Waals surface area contributed by atoms with Crippen LogP contribution in [0.5, 0.6) is 0 Å². The molecule has 0 atom stereocenters. The highest BCUT2D eigenvalue weighted by atomic mass is 127. The molecule has 1 nitrogen and oxygen atoms in total. The maximum Gasteiger partial charge on any atom is 0.196 e. The van der Waals surface area contributed by atoms with Gasteiger partial charge in [-0.3, -0.25) is 4.79 Å². The van der Waals surface area contributed by atoms with Crippen molar-refractivity contribution in [3.8, 4) is 0 Å². The lowest BCUT2D eigenvalue weighted by atomic mass is 10.1. The smallest absolute Gasteiger partial charge is 0.196 e. The third-order valence-corrected chi connectivity index (χ3v) is 3.87. The van der Waals surface area contributed by atoms with Crippen molar-refractivity contribution in [3.05, 3.63) is 55.0 Å². The Morgan fingerprint density at radius 2 is 1.71 bits per heavy atom. The normalized spacial score (nSPS) is 10.6. The molecule has 0 unspecified atom stereocenters. The molecule has 6 heteroatoms. The number of carbonyl (C=O) groups excluding carboxylic acids is 1. The van der Waals surface area contributed by atoms with E-state index in [1.165, 1.54) is 11.3 Å². The zero-order valence-corrected chi connectivity index (χ0v) is 11.1. The minimum atomic E-state index is -1.31. The van der Waals surface area contributed by atoms with E-state index in [4.69, 9.17) is 0 Å². The van der Waals surface area contributed by atoms with Crippen LogP contribution in [-0.2, 0) is 0 Å². The van der Waals surface area contributed by atoms with Gasteiger partial charge in [0.15, 0.2) is 17.4 Å². The Kier molecular flexibility index (Phi) is 3.53. The molecule has 88 valence electrons. The van der Waals surface area contributed by atoms with E-state index < -0.39 is 28.8 Å². The molecule has 0 bridgehead atoms. The van der Waals surface area contributed by atoms with Crippen molar-refractivity contribution < 1.29 is 18.0 Å². The number of ketones is 1. The van der Waals surface area contributed by atoms with Crippen LogP contribution in [0.3, 0.4) is 0 Å². The third-order valence-electron chi connectivity index (χ3n) is 2.08. The van der Waals surface area contributed by atoms with Crippen molar-refractivity contribution in [1.29, 1.82) is 0 Å². The zero-order valence-electron chi connectivity index (χ0n) is 8.14. The molecule has 0 aliphatic heterocycles.